The van der Waals surface area contributed by atoms with Gasteiger partial charge < -0.3 is 14.6 Å². The summed E-state index contributed by atoms with van der Waals surface area (Å²) < 4.78 is 37.8. The van der Waals surface area contributed by atoms with Crippen LogP contribution in [-0.4, -0.2) is 46.0 Å². The zero-order valence-electron chi connectivity index (χ0n) is 11.8. The molecule has 1 aliphatic heterocycles. The molecular formula is C14H21NO5S. The molecule has 1 aliphatic rings. The molecule has 1 saturated heterocycles. The van der Waals surface area contributed by atoms with E-state index >= 15 is 0 Å². The second kappa shape index (κ2) is 7.74. The van der Waals surface area contributed by atoms with E-state index in [1.54, 1.807) is 12.1 Å². The van der Waals surface area contributed by atoms with Crippen molar-refractivity contribution in [2.45, 2.75) is 30.2 Å². The van der Waals surface area contributed by atoms with Crippen LogP contribution in [-0.2, 0) is 14.8 Å². The van der Waals surface area contributed by atoms with Gasteiger partial charge in [0.2, 0.25) is 10.0 Å². The fourth-order valence-electron chi connectivity index (χ4n) is 2.09. The average molecular weight is 315 g/mol. The highest BCUT2D eigenvalue weighted by molar-refractivity contribution is 7.89. The Balaban J connectivity index is 1.95. The lowest BCUT2D eigenvalue weighted by molar-refractivity contribution is 0.0774. The van der Waals surface area contributed by atoms with Crippen LogP contribution in [0.15, 0.2) is 29.2 Å². The monoisotopic (exact) mass is 315 g/mol. The summed E-state index contributed by atoms with van der Waals surface area (Å²) in [5, 5.41) is 8.67. The second-order valence-electron chi connectivity index (χ2n) is 4.93. The quantitative estimate of drug-likeness (QED) is 0.731. The topological polar surface area (TPSA) is 84.9 Å². The average Bonchev–Trinajstić information content (AvgIpc) is 2.49. The molecule has 1 fully saturated rings. The smallest absolute Gasteiger partial charge is 0.240 e. The minimum absolute atomic E-state index is 0.0693. The van der Waals surface area contributed by atoms with Gasteiger partial charge in [-0.3, -0.25) is 0 Å². The van der Waals surface area contributed by atoms with Crippen LogP contribution >= 0.6 is 0 Å². The molecular weight excluding hydrogens is 294 g/mol. The third-order valence-corrected chi connectivity index (χ3v) is 4.72. The molecule has 0 aromatic heterocycles. The van der Waals surface area contributed by atoms with Crippen LogP contribution in [0, 0.1) is 0 Å². The number of hydrogen-bond donors (Lipinski definition) is 2. The zero-order chi connectivity index (χ0) is 15.1. The molecule has 0 amide bonds. The standard InChI is InChI=1S/C14H21NO5S/c16-8-2-10-20-13-4-6-14(7-5-13)21(17,18)15-12-3-1-9-19-11-12/h4-7,12,15-16H,1-3,8-11H2. The van der Waals surface area contributed by atoms with E-state index in [-0.39, 0.29) is 17.5 Å². The normalized spacial score (nSPS) is 19.4. The molecule has 6 nitrogen and oxygen atoms in total. The lowest BCUT2D eigenvalue weighted by Crippen LogP contribution is -2.40. The molecule has 0 spiro atoms. The van der Waals surface area contributed by atoms with Crippen LogP contribution in [0.1, 0.15) is 19.3 Å². The third kappa shape index (κ3) is 4.96. The second-order valence-corrected chi connectivity index (χ2v) is 6.65. The highest BCUT2D eigenvalue weighted by atomic mass is 32.2. The van der Waals surface area contributed by atoms with Gasteiger partial charge in [-0.05, 0) is 37.1 Å². The highest BCUT2D eigenvalue weighted by Gasteiger charge is 2.22. The molecule has 0 aliphatic carbocycles. The molecule has 21 heavy (non-hydrogen) atoms. The van der Waals surface area contributed by atoms with Crippen molar-refractivity contribution in [1.29, 1.82) is 0 Å². The summed E-state index contributed by atoms with van der Waals surface area (Å²) in [6.07, 6.45) is 2.20. The maximum atomic E-state index is 12.2. The van der Waals surface area contributed by atoms with Crippen molar-refractivity contribution in [2.24, 2.45) is 0 Å². The third-order valence-electron chi connectivity index (χ3n) is 3.19. The molecule has 0 saturated carbocycles. The lowest BCUT2D eigenvalue weighted by atomic mass is 10.1. The van der Waals surface area contributed by atoms with Crippen molar-refractivity contribution < 1.29 is 23.0 Å². The molecule has 1 atom stereocenters. The van der Waals surface area contributed by atoms with Gasteiger partial charge in [-0.1, -0.05) is 0 Å². The molecule has 1 unspecified atom stereocenters. The molecule has 1 heterocycles. The van der Waals surface area contributed by atoms with E-state index in [0.717, 1.165) is 12.8 Å². The van der Waals surface area contributed by atoms with Gasteiger partial charge in [-0.15, -0.1) is 0 Å². The summed E-state index contributed by atoms with van der Waals surface area (Å²) in [5.74, 6) is 0.586. The van der Waals surface area contributed by atoms with Crippen molar-refractivity contribution in [1.82, 2.24) is 4.72 Å². The fourth-order valence-corrected chi connectivity index (χ4v) is 3.35. The van der Waals surface area contributed by atoms with E-state index in [2.05, 4.69) is 4.72 Å². The predicted molar refractivity (Wildman–Crippen MR) is 77.8 cm³/mol. The van der Waals surface area contributed by atoms with Crippen LogP contribution in [0.5, 0.6) is 5.75 Å². The van der Waals surface area contributed by atoms with E-state index < -0.39 is 10.0 Å². The highest BCUT2D eigenvalue weighted by Crippen LogP contribution is 2.17. The van der Waals surface area contributed by atoms with Gasteiger partial charge in [0, 0.05) is 25.7 Å². The van der Waals surface area contributed by atoms with Crippen molar-refractivity contribution in [3.8, 4) is 5.75 Å². The first-order valence-corrected chi connectivity index (χ1v) is 8.54. The molecule has 2 N–H and O–H groups in total. The summed E-state index contributed by atoms with van der Waals surface area (Å²) in [4.78, 5) is 0.211. The summed E-state index contributed by atoms with van der Waals surface area (Å²) in [7, 11) is -3.53. The first-order valence-electron chi connectivity index (χ1n) is 7.05. The molecule has 118 valence electrons. The maximum Gasteiger partial charge on any atom is 0.240 e. The van der Waals surface area contributed by atoms with E-state index in [9.17, 15) is 8.42 Å². The van der Waals surface area contributed by atoms with Gasteiger partial charge >= 0.3 is 0 Å². The van der Waals surface area contributed by atoms with Crippen molar-refractivity contribution in [3.63, 3.8) is 0 Å². The van der Waals surface area contributed by atoms with Gasteiger partial charge in [-0.25, -0.2) is 13.1 Å². The number of sulfonamides is 1. The Morgan fingerprint density at radius 2 is 2.10 bits per heavy atom. The SMILES string of the molecule is O=S(=O)(NC1CCCOC1)c1ccc(OCCCO)cc1. The van der Waals surface area contributed by atoms with E-state index in [0.29, 0.717) is 32.0 Å². The molecule has 0 radical (unpaired) electrons. The van der Waals surface area contributed by atoms with Gasteiger partial charge in [0.25, 0.3) is 0 Å². The minimum Gasteiger partial charge on any atom is -0.494 e. The molecule has 2 rings (SSSR count). The van der Waals surface area contributed by atoms with Crippen LogP contribution in [0.3, 0.4) is 0 Å². The predicted octanol–water partition coefficient (Wildman–Crippen LogP) is 0.905. The molecule has 1 aromatic carbocycles. The maximum absolute atomic E-state index is 12.2. The van der Waals surface area contributed by atoms with Gasteiger partial charge in [0.15, 0.2) is 0 Å². The number of ether oxygens (including phenoxy) is 2. The van der Waals surface area contributed by atoms with E-state index in [1.807, 2.05) is 0 Å². The van der Waals surface area contributed by atoms with Gasteiger partial charge in [-0.2, -0.15) is 0 Å². The van der Waals surface area contributed by atoms with Gasteiger partial charge in [0.1, 0.15) is 5.75 Å². The lowest BCUT2D eigenvalue weighted by Gasteiger charge is -2.23. The van der Waals surface area contributed by atoms with E-state index in [4.69, 9.17) is 14.6 Å². The van der Waals surface area contributed by atoms with Crippen LogP contribution in [0.2, 0.25) is 0 Å². The Bertz CT molecular complexity index is 523. The summed E-state index contributed by atoms with van der Waals surface area (Å²) in [6.45, 7) is 1.58. The van der Waals surface area contributed by atoms with Crippen molar-refractivity contribution >= 4 is 10.0 Å². The summed E-state index contributed by atoms with van der Waals surface area (Å²) >= 11 is 0. The van der Waals surface area contributed by atoms with Gasteiger partial charge in [0.05, 0.1) is 18.1 Å². The Morgan fingerprint density at radius 1 is 1.33 bits per heavy atom. The first kappa shape index (κ1) is 16.2. The number of benzene rings is 1. The van der Waals surface area contributed by atoms with E-state index in [1.165, 1.54) is 12.1 Å². The molecule has 7 heteroatoms. The Morgan fingerprint density at radius 3 is 2.71 bits per heavy atom. The zero-order valence-corrected chi connectivity index (χ0v) is 12.6. The fraction of sp³-hybridized carbons (Fsp3) is 0.571. The van der Waals surface area contributed by atoms with Crippen LogP contribution < -0.4 is 9.46 Å². The number of hydrogen-bond acceptors (Lipinski definition) is 5. The number of rotatable bonds is 7. The van der Waals surface area contributed by atoms with Crippen molar-refractivity contribution in [3.05, 3.63) is 24.3 Å². The summed E-state index contributed by atoms with van der Waals surface area (Å²) in [5.41, 5.74) is 0. The molecule has 1 aromatic rings. The van der Waals surface area contributed by atoms with Crippen molar-refractivity contribution in [2.75, 3.05) is 26.4 Å². The number of nitrogens with one attached hydrogen (secondary N) is 1. The largest absolute Gasteiger partial charge is 0.494 e. The molecule has 0 bridgehead atoms. The van der Waals surface area contributed by atoms with Crippen LogP contribution in [0.4, 0.5) is 0 Å². The summed E-state index contributed by atoms with van der Waals surface area (Å²) in [6, 6.07) is 6.09. The Labute approximate surface area is 125 Å². The number of aliphatic hydroxyl groups is 1. The Hall–Kier alpha value is -1.15. The number of aliphatic hydroxyl groups excluding tert-OH is 1. The first-order chi connectivity index (χ1) is 10.1. The Kier molecular flexibility index (Phi) is 5.98. The van der Waals surface area contributed by atoms with Crippen LogP contribution in [0.25, 0.3) is 0 Å². The minimum atomic E-state index is -3.53.